The van der Waals surface area contributed by atoms with E-state index in [2.05, 4.69) is 20.8 Å². The monoisotopic (exact) mass is 275 g/mol. The highest BCUT2D eigenvalue weighted by Crippen LogP contribution is 2.11. The summed E-state index contributed by atoms with van der Waals surface area (Å²) in [6, 6.07) is 6.87. The molecule has 0 spiro atoms. The quantitative estimate of drug-likeness (QED) is 0.763. The summed E-state index contributed by atoms with van der Waals surface area (Å²) in [7, 11) is 0. The van der Waals surface area contributed by atoms with Crippen LogP contribution in [0.15, 0.2) is 36.7 Å². The van der Waals surface area contributed by atoms with E-state index in [4.69, 9.17) is 5.11 Å². The third-order valence-corrected chi connectivity index (χ3v) is 2.62. The molecule has 0 radical (unpaired) electrons. The van der Waals surface area contributed by atoms with Crippen molar-refractivity contribution in [2.45, 2.75) is 19.4 Å². The Hall–Kier alpha value is -2.41. The Balaban J connectivity index is 1.86. The van der Waals surface area contributed by atoms with E-state index >= 15 is 0 Å². The number of anilines is 1. The lowest BCUT2D eigenvalue weighted by atomic mass is 10.3. The van der Waals surface area contributed by atoms with Crippen molar-refractivity contribution in [3.8, 4) is 5.69 Å². The average molecular weight is 275 g/mol. The van der Waals surface area contributed by atoms with Crippen LogP contribution in [-0.4, -0.2) is 38.8 Å². The molecule has 106 valence electrons. The number of aliphatic hydroxyl groups excluding tert-OH is 1. The smallest absolute Gasteiger partial charge is 0.319 e. The molecule has 1 unspecified atom stereocenters. The Morgan fingerprint density at radius 1 is 1.30 bits per heavy atom. The number of hydrogen-bond acceptors (Lipinski definition) is 4. The highest BCUT2D eigenvalue weighted by Gasteiger charge is 2.03. The number of rotatable bonds is 5. The zero-order chi connectivity index (χ0) is 14.4. The predicted octanol–water partition coefficient (Wildman–Crippen LogP) is 1.16. The number of nitrogens with zero attached hydrogens (tertiary/aromatic N) is 3. The van der Waals surface area contributed by atoms with Gasteiger partial charge >= 0.3 is 6.03 Å². The van der Waals surface area contributed by atoms with Crippen molar-refractivity contribution in [1.82, 2.24) is 20.3 Å². The molecule has 0 aliphatic carbocycles. The molecule has 0 bridgehead atoms. The minimum atomic E-state index is -0.420. The second-order valence-electron chi connectivity index (χ2n) is 4.38. The van der Waals surface area contributed by atoms with Crippen LogP contribution in [-0.2, 0) is 0 Å². The van der Waals surface area contributed by atoms with Gasteiger partial charge in [0.25, 0.3) is 0 Å². The Bertz CT molecular complexity index is 536. The number of carbonyl (C=O) groups is 1. The third kappa shape index (κ3) is 4.06. The van der Waals surface area contributed by atoms with Gasteiger partial charge in [-0.2, -0.15) is 15.0 Å². The van der Waals surface area contributed by atoms with Gasteiger partial charge in [0.2, 0.25) is 0 Å². The molecule has 0 aliphatic rings. The summed E-state index contributed by atoms with van der Waals surface area (Å²) in [6.07, 6.45) is 3.30. The van der Waals surface area contributed by atoms with Crippen molar-refractivity contribution >= 4 is 11.7 Å². The highest BCUT2D eigenvalue weighted by atomic mass is 16.3. The van der Waals surface area contributed by atoms with Gasteiger partial charge in [0, 0.05) is 12.2 Å². The van der Waals surface area contributed by atoms with Crippen LogP contribution in [0.4, 0.5) is 10.5 Å². The van der Waals surface area contributed by atoms with Crippen molar-refractivity contribution in [1.29, 1.82) is 0 Å². The summed E-state index contributed by atoms with van der Waals surface area (Å²) >= 11 is 0. The first-order chi connectivity index (χ1) is 9.65. The van der Waals surface area contributed by atoms with Crippen LogP contribution in [0, 0.1) is 0 Å². The fourth-order valence-electron chi connectivity index (χ4n) is 1.60. The van der Waals surface area contributed by atoms with Crippen molar-refractivity contribution in [2.24, 2.45) is 0 Å². The van der Waals surface area contributed by atoms with E-state index in [0.29, 0.717) is 18.7 Å². The predicted molar refractivity (Wildman–Crippen MR) is 74.7 cm³/mol. The first-order valence-corrected chi connectivity index (χ1v) is 6.35. The Labute approximate surface area is 116 Å². The molecular formula is C13H17N5O2. The molecule has 0 fully saturated rings. The van der Waals surface area contributed by atoms with Crippen molar-refractivity contribution in [3.63, 3.8) is 0 Å². The van der Waals surface area contributed by atoms with Gasteiger partial charge in [0.05, 0.1) is 24.2 Å². The van der Waals surface area contributed by atoms with Crippen LogP contribution in [0.2, 0.25) is 0 Å². The molecule has 0 saturated heterocycles. The lowest BCUT2D eigenvalue weighted by molar-refractivity contribution is 0.184. The van der Waals surface area contributed by atoms with Gasteiger partial charge in [-0.25, -0.2) is 4.79 Å². The number of amides is 2. The zero-order valence-electron chi connectivity index (χ0n) is 11.2. The minimum Gasteiger partial charge on any atom is -0.393 e. The van der Waals surface area contributed by atoms with Crippen LogP contribution in [0.1, 0.15) is 13.3 Å². The van der Waals surface area contributed by atoms with Crippen molar-refractivity contribution in [2.75, 3.05) is 11.9 Å². The molecule has 1 aromatic heterocycles. The first kappa shape index (κ1) is 14.0. The van der Waals surface area contributed by atoms with E-state index in [1.54, 1.807) is 31.5 Å². The summed E-state index contributed by atoms with van der Waals surface area (Å²) in [5, 5.41) is 22.5. The summed E-state index contributed by atoms with van der Waals surface area (Å²) in [5.41, 5.74) is 1.49. The molecule has 1 atom stereocenters. The van der Waals surface area contributed by atoms with Crippen molar-refractivity contribution < 1.29 is 9.90 Å². The second-order valence-corrected chi connectivity index (χ2v) is 4.38. The molecule has 0 aliphatic heterocycles. The van der Waals surface area contributed by atoms with Gasteiger partial charge < -0.3 is 15.7 Å². The highest BCUT2D eigenvalue weighted by molar-refractivity contribution is 5.89. The molecule has 20 heavy (non-hydrogen) atoms. The van der Waals surface area contributed by atoms with Crippen molar-refractivity contribution in [3.05, 3.63) is 36.7 Å². The number of nitrogens with one attached hydrogen (secondary N) is 2. The molecule has 2 aromatic rings. The van der Waals surface area contributed by atoms with Gasteiger partial charge in [-0.05, 0) is 37.6 Å². The fraction of sp³-hybridized carbons (Fsp3) is 0.308. The molecule has 7 nitrogen and oxygen atoms in total. The summed E-state index contributed by atoms with van der Waals surface area (Å²) in [5.74, 6) is 0. The third-order valence-electron chi connectivity index (χ3n) is 2.62. The summed E-state index contributed by atoms with van der Waals surface area (Å²) < 4.78 is 0. The number of hydrogen-bond donors (Lipinski definition) is 3. The van der Waals surface area contributed by atoms with E-state index in [-0.39, 0.29) is 6.03 Å². The van der Waals surface area contributed by atoms with Crippen LogP contribution in [0.5, 0.6) is 0 Å². The maximum absolute atomic E-state index is 11.6. The molecule has 1 aromatic carbocycles. The summed E-state index contributed by atoms with van der Waals surface area (Å²) in [4.78, 5) is 13.1. The van der Waals surface area contributed by atoms with Crippen LogP contribution in [0.3, 0.4) is 0 Å². The Morgan fingerprint density at radius 2 is 1.95 bits per heavy atom. The van der Waals surface area contributed by atoms with E-state index in [1.807, 2.05) is 12.1 Å². The van der Waals surface area contributed by atoms with E-state index in [0.717, 1.165) is 5.69 Å². The maximum atomic E-state index is 11.6. The van der Waals surface area contributed by atoms with Gasteiger partial charge in [-0.3, -0.25) is 0 Å². The Kier molecular flexibility index (Phi) is 4.67. The number of urea groups is 1. The topological polar surface area (TPSA) is 92.1 Å². The second kappa shape index (κ2) is 6.67. The SMILES string of the molecule is CC(O)CCNC(=O)Nc1ccc(-n2nccn2)cc1. The van der Waals surface area contributed by atoms with Crippen LogP contribution < -0.4 is 10.6 Å². The standard InChI is InChI=1S/C13H17N5O2/c1-10(19)6-7-14-13(20)17-11-2-4-12(5-3-11)18-15-8-9-16-18/h2-5,8-10,19H,6-7H2,1H3,(H2,14,17,20). The maximum Gasteiger partial charge on any atom is 0.319 e. The number of aromatic nitrogens is 3. The lowest BCUT2D eigenvalue weighted by Crippen LogP contribution is -2.30. The first-order valence-electron chi connectivity index (χ1n) is 6.35. The largest absolute Gasteiger partial charge is 0.393 e. The molecule has 0 saturated carbocycles. The van der Waals surface area contributed by atoms with Crippen LogP contribution >= 0.6 is 0 Å². The average Bonchev–Trinajstić information content (AvgIpc) is 2.93. The number of benzene rings is 1. The molecule has 2 rings (SSSR count). The molecule has 7 heteroatoms. The van der Waals surface area contributed by atoms with Gasteiger partial charge in [-0.1, -0.05) is 0 Å². The molecule has 3 N–H and O–H groups in total. The van der Waals surface area contributed by atoms with Gasteiger partial charge in [0.15, 0.2) is 0 Å². The normalized spacial score (nSPS) is 11.9. The van der Waals surface area contributed by atoms with E-state index in [1.165, 1.54) is 4.80 Å². The minimum absolute atomic E-state index is 0.296. The van der Waals surface area contributed by atoms with Gasteiger partial charge in [-0.15, -0.1) is 0 Å². The van der Waals surface area contributed by atoms with Gasteiger partial charge in [0.1, 0.15) is 0 Å². The lowest BCUT2D eigenvalue weighted by Gasteiger charge is -2.09. The Morgan fingerprint density at radius 3 is 2.55 bits per heavy atom. The summed E-state index contributed by atoms with van der Waals surface area (Å²) in [6.45, 7) is 2.11. The fourth-order valence-corrected chi connectivity index (χ4v) is 1.60. The van der Waals surface area contributed by atoms with E-state index < -0.39 is 6.10 Å². The number of aliphatic hydroxyl groups is 1. The van der Waals surface area contributed by atoms with Crippen LogP contribution in [0.25, 0.3) is 5.69 Å². The molecular weight excluding hydrogens is 258 g/mol. The molecule has 1 heterocycles. The molecule has 2 amide bonds. The number of carbonyl (C=O) groups excluding carboxylic acids is 1. The zero-order valence-corrected chi connectivity index (χ0v) is 11.2. The van der Waals surface area contributed by atoms with E-state index in [9.17, 15) is 4.79 Å².